The summed E-state index contributed by atoms with van der Waals surface area (Å²) in [5, 5.41) is 25.2. The Hall–Kier alpha value is -8.25. The predicted molar refractivity (Wildman–Crippen MR) is 259 cm³/mol. The van der Waals surface area contributed by atoms with Gasteiger partial charge in [0.15, 0.2) is 0 Å². The highest BCUT2D eigenvalue weighted by atomic mass is 15.1. The number of benzene rings is 10. The summed E-state index contributed by atoms with van der Waals surface area (Å²) >= 11 is 0. The van der Waals surface area contributed by atoms with Gasteiger partial charge in [-0.05, 0) is 129 Å². The normalized spacial score (nSPS) is 12.0. The van der Waals surface area contributed by atoms with E-state index >= 15 is 0 Å². The maximum absolute atomic E-state index is 10.4. The Bertz CT molecular complexity index is 3530. The third-order valence-electron chi connectivity index (χ3n) is 12.6. The van der Waals surface area contributed by atoms with Crippen molar-refractivity contribution in [3.63, 3.8) is 0 Å². The van der Waals surface area contributed by atoms with Gasteiger partial charge in [-0.15, -0.1) is 0 Å². The number of nitrogens with zero attached hydrogens (tertiary/aromatic N) is 2. The monoisotopic (exact) mass is 772 g/mol. The highest BCUT2D eigenvalue weighted by molar-refractivity contribution is 6.47. The lowest BCUT2D eigenvalue weighted by molar-refractivity contribution is 1.30. The van der Waals surface area contributed by atoms with E-state index in [2.05, 4.69) is 199 Å². The molecule has 0 aliphatic heterocycles. The average molecular weight is 773 g/mol. The third kappa shape index (κ3) is 5.28. The van der Waals surface area contributed by atoms with Crippen LogP contribution in [0.3, 0.4) is 0 Å². The number of nitriles is 1. The van der Waals surface area contributed by atoms with Gasteiger partial charge in [-0.2, -0.15) is 5.26 Å². The lowest BCUT2D eigenvalue weighted by Gasteiger charge is -2.27. The molecule has 2 heteroatoms. The van der Waals surface area contributed by atoms with Gasteiger partial charge in [-0.3, -0.25) is 0 Å². The first-order valence-corrected chi connectivity index (χ1v) is 20.8. The second kappa shape index (κ2) is 13.9. The molecule has 0 aliphatic rings. The number of fused-ring (bicyclic) bond motifs is 6. The fraction of sp³-hybridized carbons (Fsp3) is 0. The van der Waals surface area contributed by atoms with E-state index in [0.29, 0.717) is 5.57 Å². The van der Waals surface area contributed by atoms with Crippen LogP contribution in [0.2, 0.25) is 0 Å². The van der Waals surface area contributed by atoms with Crippen LogP contribution in [0.1, 0.15) is 11.1 Å². The Morgan fingerprint density at radius 1 is 0.361 bits per heavy atom. The highest BCUT2D eigenvalue weighted by Crippen LogP contribution is 2.56. The van der Waals surface area contributed by atoms with Gasteiger partial charge in [0.2, 0.25) is 0 Å². The molecule has 0 unspecified atom stereocenters. The SMILES string of the molecule is N#CC(=Cc1ccc2c3c(-c4ccccc4)c4c5cccc6c(N(c7ccccc7)c7ccccc7)ccc(c4c(-c4ccccc4)c3c3cccc1c23)c65)c1ccccc1. The summed E-state index contributed by atoms with van der Waals surface area (Å²) in [4.78, 5) is 2.39. The Kier molecular flexibility index (Phi) is 7.95. The van der Waals surface area contributed by atoms with Crippen LogP contribution in [0.5, 0.6) is 0 Å². The van der Waals surface area contributed by atoms with Gasteiger partial charge in [-0.1, -0.05) is 182 Å². The first-order chi connectivity index (χ1) is 30.3. The summed E-state index contributed by atoms with van der Waals surface area (Å²) in [5.41, 5.74) is 10.8. The first kappa shape index (κ1) is 34.8. The molecule has 0 fully saturated rings. The van der Waals surface area contributed by atoms with E-state index in [1.54, 1.807) is 0 Å². The van der Waals surface area contributed by atoms with Gasteiger partial charge in [0, 0.05) is 16.8 Å². The van der Waals surface area contributed by atoms with Crippen molar-refractivity contribution in [1.82, 2.24) is 0 Å². The largest absolute Gasteiger partial charge is 0.310 e. The molecule has 0 atom stereocenters. The number of anilines is 3. The van der Waals surface area contributed by atoms with Crippen molar-refractivity contribution in [3.8, 4) is 28.3 Å². The lowest BCUT2D eigenvalue weighted by Crippen LogP contribution is -2.10. The van der Waals surface area contributed by atoms with Gasteiger partial charge in [0.25, 0.3) is 0 Å². The molecule has 61 heavy (non-hydrogen) atoms. The minimum atomic E-state index is 0.646. The van der Waals surface area contributed by atoms with Crippen LogP contribution in [0.4, 0.5) is 17.1 Å². The minimum Gasteiger partial charge on any atom is -0.310 e. The summed E-state index contributed by atoms with van der Waals surface area (Å²) in [6.45, 7) is 0. The van der Waals surface area contributed by atoms with Crippen molar-refractivity contribution in [2.75, 3.05) is 4.90 Å². The van der Waals surface area contributed by atoms with Crippen LogP contribution in [0, 0.1) is 11.3 Å². The molecule has 0 aromatic heterocycles. The molecule has 0 saturated carbocycles. The zero-order valence-electron chi connectivity index (χ0n) is 33.2. The van der Waals surface area contributed by atoms with Crippen LogP contribution in [-0.2, 0) is 0 Å². The van der Waals surface area contributed by atoms with Crippen LogP contribution >= 0.6 is 0 Å². The van der Waals surface area contributed by atoms with E-state index in [4.69, 9.17) is 0 Å². The number of hydrogen-bond acceptors (Lipinski definition) is 2. The number of para-hydroxylation sites is 2. The standard InChI is InChI=1S/C59H36N2/c60-37-42(38-18-6-1-7-19-38)36-41-32-33-49-54-45(41)28-16-30-47(54)56-52(39-20-8-2-9-21-39)59-50-34-35-51(61(43-24-12-4-13-25-43)44-26-14-5-15-27-44)46-29-17-31-48(55(46)50)57(59)53(58(49)56)40-22-10-3-11-23-40/h1-36H. The highest BCUT2D eigenvalue weighted by Gasteiger charge is 2.28. The number of allylic oxidation sites excluding steroid dienone is 1. The van der Waals surface area contributed by atoms with Crippen molar-refractivity contribution in [1.29, 1.82) is 5.26 Å². The molecule has 0 spiro atoms. The van der Waals surface area contributed by atoms with Crippen LogP contribution in [0.25, 0.3) is 98.5 Å². The van der Waals surface area contributed by atoms with Crippen LogP contribution < -0.4 is 4.90 Å². The van der Waals surface area contributed by atoms with E-state index in [1.807, 2.05) is 30.3 Å². The van der Waals surface area contributed by atoms with Crippen molar-refractivity contribution in [2.24, 2.45) is 0 Å². The predicted octanol–water partition coefficient (Wildman–Crippen LogP) is 16.3. The van der Waals surface area contributed by atoms with Gasteiger partial charge in [0.1, 0.15) is 0 Å². The maximum atomic E-state index is 10.4. The van der Waals surface area contributed by atoms with E-state index in [0.717, 1.165) is 33.6 Å². The Labute approximate surface area is 353 Å². The summed E-state index contributed by atoms with van der Waals surface area (Å²) in [6.07, 6.45) is 2.06. The number of hydrogen-bond donors (Lipinski definition) is 0. The Morgan fingerprint density at radius 2 is 0.770 bits per heavy atom. The molecule has 2 nitrogen and oxygen atoms in total. The van der Waals surface area contributed by atoms with E-state index in [9.17, 15) is 5.26 Å². The van der Waals surface area contributed by atoms with Crippen LogP contribution in [-0.4, -0.2) is 0 Å². The Morgan fingerprint density at radius 3 is 1.28 bits per heavy atom. The number of rotatable bonds is 7. The molecule has 0 N–H and O–H groups in total. The van der Waals surface area contributed by atoms with E-state index in [-0.39, 0.29) is 0 Å². The third-order valence-corrected chi connectivity index (χ3v) is 12.6. The van der Waals surface area contributed by atoms with Crippen molar-refractivity contribution in [2.45, 2.75) is 0 Å². The fourth-order valence-corrected chi connectivity index (χ4v) is 10.1. The smallest absolute Gasteiger partial charge is 0.0998 e. The second-order valence-corrected chi connectivity index (χ2v) is 15.8. The van der Waals surface area contributed by atoms with Gasteiger partial charge in [-0.25, -0.2) is 0 Å². The lowest BCUT2D eigenvalue weighted by atomic mass is 9.87. The summed E-state index contributed by atoms with van der Waals surface area (Å²) < 4.78 is 0. The molecular formula is C59H36N2. The molecule has 12 rings (SSSR count). The zero-order chi connectivity index (χ0) is 40.4. The molecule has 12 aromatic carbocycles. The quantitative estimate of drug-likeness (QED) is 0.119. The second-order valence-electron chi connectivity index (χ2n) is 15.8. The molecule has 0 radical (unpaired) electrons. The van der Waals surface area contributed by atoms with Crippen molar-refractivity contribution < 1.29 is 0 Å². The van der Waals surface area contributed by atoms with Gasteiger partial charge < -0.3 is 4.90 Å². The first-order valence-electron chi connectivity index (χ1n) is 20.8. The molecule has 0 aliphatic carbocycles. The minimum absolute atomic E-state index is 0.646. The molecule has 0 saturated heterocycles. The maximum Gasteiger partial charge on any atom is 0.0998 e. The fourth-order valence-electron chi connectivity index (χ4n) is 10.1. The van der Waals surface area contributed by atoms with Crippen LogP contribution in [0.15, 0.2) is 212 Å². The molecule has 0 amide bonds. The van der Waals surface area contributed by atoms with Crippen molar-refractivity contribution >= 4 is 93.3 Å². The summed E-state index contributed by atoms with van der Waals surface area (Å²) in [6, 6.07) is 78.6. The van der Waals surface area contributed by atoms with Crippen molar-refractivity contribution in [3.05, 3.63) is 223 Å². The average Bonchev–Trinajstić information content (AvgIpc) is 3.84. The summed E-state index contributed by atoms with van der Waals surface area (Å²) in [7, 11) is 0. The molecule has 0 bridgehead atoms. The molecule has 282 valence electrons. The van der Waals surface area contributed by atoms with E-state index < -0.39 is 0 Å². The topological polar surface area (TPSA) is 27.0 Å². The zero-order valence-corrected chi connectivity index (χ0v) is 33.2. The molecule has 12 aromatic rings. The van der Waals surface area contributed by atoms with Gasteiger partial charge in [0.05, 0.1) is 17.3 Å². The van der Waals surface area contributed by atoms with E-state index in [1.165, 1.54) is 81.5 Å². The molecular weight excluding hydrogens is 737 g/mol. The van der Waals surface area contributed by atoms with Gasteiger partial charge >= 0.3 is 0 Å². The molecule has 0 heterocycles. The Balaban J connectivity index is 1.26. The summed E-state index contributed by atoms with van der Waals surface area (Å²) in [5.74, 6) is 0.